The van der Waals surface area contributed by atoms with Crippen molar-refractivity contribution in [2.45, 2.75) is 0 Å². The summed E-state index contributed by atoms with van der Waals surface area (Å²) in [6.07, 6.45) is 0. The van der Waals surface area contributed by atoms with Crippen LogP contribution in [-0.4, -0.2) is 57.8 Å². The second-order valence-corrected chi connectivity index (χ2v) is 7.44. The maximum Gasteiger partial charge on any atom is 0.260 e. The lowest BCUT2D eigenvalue weighted by Crippen LogP contribution is -3.12. The number of para-hydroxylation sites is 1. The van der Waals surface area contributed by atoms with Crippen LogP contribution in [0.3, 0.4) is 0 Å². The fraction of sp³-hybridized carbons (Fsp3) is 0.304. The standard InChI is InChI=1S/C23H24N2O5/c1-24-11-13-25(14-12-24)20(26)15-29-23-21(27)18-5-3-4-6-19(18)30-22(23)16-7-9-17(28-2)10-8-16/h3-10H,11-15H2,1-2H3/p+1. The van der Waals surface area contributed by atoms with Gasteiger partial charge in [0.1, 0.15) is 11.3 Å². The smallest absolute Gasteiger partial charge is 0.260 e. The molecular formula is C23H25N2O5+. The van der Waals surface area contributed by atoms with Crippen molar-refractivity contribution in [2.75, 3.05) is 46.9 Å². The van der Waals surface area contributed by atoms with Crippen molar-refractivity contribution in [3.63, 3.8) is 0 Å². The van der Waals surface area contributed by atoms with Gasteiger partial charge in [-0.2, -0.15) is 0 Å². The number of fused-ring (bicyclic) bond motifs is 1. The highest BCUT2D eigenvalue weighted by atomic mass is 16.5. The van der Waals surface area contributed by atoms with Crippen LogP contribution in [-0.2, 0) is 4.79 Å². The number of ether oxygens (including phenoxy) is 2. The largest absolute Gasteiger partial charge is 0.497 e. The molecule has 0 bridgehead atoms. The monoisotopic (exact) mass is 409 g/mol. The van der Waals surface area contributed by atoms with Gasteiger partial charge in [-0.25, -0.2) is 0 Å². The molecule has 1 fully saturated rings. The van der Waals surface area contributed by atoms with E-state index in [0.717, 1.165) is 13.1 Å². The van der Waals surface area contributed by atoms with Crippen molar-refractivity contribution in [1.29, 1.82) is 0 Å². The molecule has 156 valence electrons. The molecule has 2 aromatic carbocycles. The number of amides is 1. The number of carbonyl (C=O) groups is 1. The van der Waals surface area contributed by atoms with Gasteiger partial charge >= 0.3 is 0 Å². The van der Waals surface area contributed by atoms with Crippen LogP contribution in [0.1, 0.15) is 0 Å². The second-order valence-electron chi connectivity index (χ2n) is 7.44. The number of likely N-dealkylation sites (N-methyl/N-ethyl adjacent to an activating group) is 1. The van der Waals surface area contributed by atoms with Gasteiger partial charge in [0, 0.05) is 5.56 Å². The molecule has 7 heteroatoms. The Kier molecular flexibility index (Phi) is 5.72. The number of carbonyl (C=O) groups excluding carboxylic acids is 1. The van der Waals surface area contributed by atoms with Crippen molar-refractivity contribution in [3.05, 3.63) is 58.8 Å². The summed E-state index contributed by atoms with van der Waals surface area (Å²) >= 11 is 0. The lowest BCUT2D eigenvalue weighted by Gasteiger charge is -2.30. The first-order valence-corrected chi connectivity index (χ1v) is 9.99. The van der Waals surface area contributed by atoms with E-state index < -0.39 is 0 Å². The lowest BCUT2D eigenvalue weighted by molar-refractivity contribution is -0.883. The number of piperazine rings is 1. The zero-order chi connectivity index (χ0) is 21.1. The number of methoxy groups -OCH3 is 1. The van der Waals surface area contributed by atoms with Gasteiger partial charge in [0.05, 0.1) is 45.7 Å². The summed E-state index contributed by atoms with van der Waals surface area (Å²) < 4.78 is 17.0. The van der Waals surface area contributed by atoms with E-state index in [0.29, 0.717) is 41.1 Å². The molecule has 0 atom stereocenters. The zero-order valence-electron chi connectivity index (χ0n) is 17.1. The number of quaternary nitrogens is 1. The number of rotatable bonds is 5. The second kappa shape index (κ2) is 8.59. The van der Waals surface area contributed by atoms with Gasteiger partial charge in [-0.3, -0.25) is 9.59 Å². The van der Waals surface area contributed by atoms with Crippen LogP contribution in [0.15, 0.2) is 57.7 Å². The summed E-state index contributed by atoms with van der Waals surface area (Å²) in [6, 6.07) is 14.2. The first kappa shape index (κ1) is 20.0. The molecule has 1 saturated heterocycles. The van der Waals surface area contributed by atoms with E-state index in [1.165, 1.54) is 4.90 Å². The minimum Gasteiger partial charge on any atom is -0.497 e. The summed E-state index contributed by atoms with van der Waals surface area (Å²) in [5, 5.41) is 0.417. The quantitative estimate of drug-likeness (QED) is 0.686. The van der Waals surface area contributed by atoms with E-state index in [1.54, 1.807) is 54.5 Å². The summed E-state index contributed by atoms with van der Waals surface area (Å²) in [5.74, 6) is 0.913. The number of hydrogen-bond donors (Lipinski definition) is 1. The van der Waals surface area contributed by atoms with Gasteiger partial charge in [0.15, 0.2) is 12.4 Å². The van der Waals surface area contributed by atoms with Gasteiger partial charge < -0.3 is 23.7 Å². The molecule has 0 unspecified atom stereocenters. The molecule has 0 spiro atoms. The van der Waals surface area contributed by atoms with Crippen LogP contribution in [0, 0.1) is 0 Å². The minimum atomic E-state index is -0.293. The van der Waals surface area contributed by atoms with E-state index in [2.05, 4.69) is 7.05 Å². The number of nitrogens with zero attached hydrogens (tertiary/aromatic N) is 1. The molecule has 0 aliphatic carbocycles. The molecule has 0 radical (unpaired) electrons. The van der Waals surface area contributed by atoms with Crippen molar-refractivity contribution in [1.82, 2.24) is 4.90 Å². The zero-order valence-corrected chi connectivity index (χ0v) is 17.1. The molecule has 30 heavy (non-hydrogen) atoms. The Morgan fingerprint density at radius 2 is 1.80 bits per heavy atom. The van der Waals surface area contributed by atoms with Crippen molar-refractivity contribution in [3.8, 4) is 22.8 Å². The average Bonchev–Trinajstić information content (AvgIpc) is 2.78. The maximum absolute atomic E-state index is 13.1. The normalized spacial score (nSPS) is 14.7. The molecule has 1 aliphatic rings. The Bertz CT molecular complexity index is 1100. The third-order valence-electron chi connectivity index (χ3n) is 5.42. The Labute approximate surface area is 174 Å². The number of hydrogen-bond acceptors (Lipinski definition) is 5. The number of nitrogens with one attached hydrogen (secondary N) is 1. The van der Waals surface area contributed by atoms with Gasteiger partial charge in [0.25, 0.3) is 5.91 Å². The van der Waals surface area contributed by atoms with Crippen LogP contribution in [0.5, 0.6) is 11.5 Å². The molecule has 1 N–H and O–H groups in total. The van der Waals surface area contributed by atoms with Crippen LogP contribution in [0.25, 0.3) is 22.3 Å². The van der Waals surface area contributed by atoms with Gasteiger partial charge in [-0.15, -0.1) is 0 Å². The Hall–Kier alpha value is -3.32. The summed E-state index contributed by atoms with van der Waals surface area (Å²) in [4.78, 5) is 28.9. The molecule has 3 aromatic rings. The molecule has 1 aromatic heterocycles. The summed E-state index contributed by atoms with van der Waals surface area (Å²) in [6.45, 7) is 2.98. The van der Waals surface area contributed by atoms with Crippen molar-refractivity contribution < 1.29 is 23.6 Å². The minimum absolute atomic E-state index is 0.0481. The Balaban J connectivity index is 1.67. The Morgan fingerprint density at radius 3 is 2.50 bits per heavy atom. The van der Waals surface area contributed by atoms with Gasteiger partial charge in [0.2, 0.25) is 11.2 Å². The lowest BCUT2D eigenvalue weighted by atomic mass is 10.1. The molecular weight excluding hydrogens is 384 g/mol. The van der Waals surface area contributed by atoms with Crippen molar-refractivity contribution >= 4 is 16.9 Å². The van der Waals surface area contributed by atoms with E-state index in [4.69, 9.17) is 13.9 Å². The van der Waals surface area contributed by atoms with E-state index in [-0.39, 0.29) is 23.7 Å². The fourth-order valence-corrected chi connectivity index (χ4v) is 3.55. The van der Waals surface area contributed by atoms with Gasteiger partial charge in [-0.05, 0) is 36.4 Å². The SMILES string of the molecule is COc1ccc(-c2oc3ccccc3c(=O)c2OCC(=O)N2CC[NH+](C)CC2)cc1. The highest BCUT2D eigenvalue weighted by Gasteiger charge is 2.24. The predicted octanol–water partition coefficient (Wildman–Crippen LogP) is 1.20. The van der Waals surface area contributed by atoms with Crippen molar-refractivity contribution in [2.24, 2.45) is 0 Å². The van der Waals surface area contributed by atoms with E-state index in [1.807, 2.05) is 6.07 Å². The first-order valence-electron chi connectivity index (χ1n) is 9.99. The molecule has 4 rings (SSSR count). The molecule has 7 nitrogen and oxygen atoms in total. The highest BCUT2D eigenvalue weighted by molar-refractivity contribution is 5.83. The van der Waals surface area contributed by atoms with E-state index in [9.17, 15) is 9.59 Å². The average molecular weight is 409 g/mol. The molecule has 1 amide bonds. The highest BCUT2D eigenvalue weighted by Crippen LogP contribution is 2.31. The summed E-state index contributed by atoms with van der Waals surface area (Å²) in [5.41, 5.74) is 0.844. The Morgan fingerprint density at radius 1 is 1.10 bits per heavy atom. The maximum atomic E-state index is 13.1. The third kappa shape index (κ3) is 4.02. The van der Waals surface area contributed by atoms with Crippen LogP contribution < -0.4 is 19.8 Å². The predicted molar refractivity (Wildman–Crippen MR) is 113 cm³/mol. The molecule has 2 heterocycles. The topological polar surface area (TPSA) is 73.4 Å². The first-order chi connectivity index (χ1) is 14.6. The van der Waals surface area contributed by atoms with Crippen LogP contribution in [0.2, 0.25) is 0 Å². The third-order valence-corrected chi connectivity index (χ3v) is 5.42. The summed E-state index contributed by atoms with van der Waals surface area (Å²) in [7, 11) is 3.70. The molecule has 1 aliphatic heterocycles. The van der Waals surface area contributed by atoms with Gasteiger partial charge in [-0.1, -0.05) is 12.1 Å². The molecule has 0 saturated carbocycles. The van der Waals surface area contributed by atoms with E-state index >= 15 is 0 Å². The number of benzene rings is 2. The van der Waals surface area contributed by atoms with Crippen LogP contribution >= 0.6 is 0 Å². The fourth-order valence-electron chi connectivity index (χ4n) is 3.55. The van der Waals surface area contributed by atoms with Crippen LogP contribution in [0.4, 0.5) is 0 Å².